The number of hydrogen-bond donors (Lipinski definition) is 13. The molecule has 0 saturated heterocycles. The Kier molecular flexibility index (Phi) is 9.06. The van der Waals surface area contributed by atoms with Gasteiger partial charge in [0.2, 0.25) is 0 Å². The third-order valence-electron chi connectivity index (χ3n) is 11.1. The van der Waals surface area contributed by atoms with Gasteiger partial charge in [0, 0.05) is 52.4 Å². The van der Waals surface area contributed by atoms with Crippen molar-refractivity contribution in [1.29, 1.82) is 0 Å². The molecule has 20 nitrogen and oxygen atoms in total. The zero-order valence-electron chi connectivity index (χ0n) is 32.2. The van der Waals surface area contributed by atoms with Gasteiger partial charge in [-0.05, 0) is 54.6 Å². The lowest BCUT2D eigenvalue weighted by atomic mass is 9.74. The summed E-state index contributed by atoms with van der Waals surface area (Å²) in [7, 11) is 0. The Hall–Kier alpha value is -8.94. The van der Waals surface area contributed by atoms with Gasteiger partial charge in [0.15, 0.2) is 69.7 Å². The van der Waals surface area contributed by atoms with Crippen molar-refractivity contribution in [3.8, 4) is 92.0 Å². The molecule has 3 aliphatic rings. The first-order chi connectivity index (χ1) is 30.3. The maximum absolute atomic E-state index is 14.1. The van der Waals surface area contributed by atoms with E-state index in [0.29, 0.717) is 0 Å². The predicted octanol–water partition coefficient (Wildman–Crippen LogP) is 4.76. The second-order valence-corrected chi connectivity index (χ2v) is 15.0. The number of phenols is 13. The second kappa shape index (κ2) is 14.3. The number of aromatic hydroxyl groups is 13. The van der Waals surface area contributed by atoms with Gasteiger partial charge in [0.25, 0.3) is 0 Å². The van der Waals surface area contributed by atoms with Crippen molar-refractivity contribution in [2.45, 2.75) is 36.4 Å². The van der Waals surface area contributed by atoms with Crippen LogP contribution in [0.25, 0.3) is 0 Å². The minimum Gasteiger partial charge on any atom is -0.508 e. The van der Waals surface area contributed by atoms with Crippen molar-refractivity contribution in [2.75, 3.05) is 0 Å². The van der Waals surface area contributed by atoms with E-state index >= 15 is 0 Å². The molecule has 0 amide bonds. The summed E-state index contributed by atoms with van der Waals surface area (Å²) >= 11 is 0. The highest BCUT2D eigenvalue weighted by Crippen LogP contribution is 2.63. The Balaban J connectivity index is 1.27. The van der Waals surface area contributed by atoms with Gasteiger partial charge in [-0.3, -0.25) is 0 Å². The van der Waals surface area contributed by atoms with Crippen LogP contribution in [0.5, 0.6) is 92.0 Å². The maximum Gasteiger partial charge on any atom is 0.339 e. The van der Waals surface area contributed by atoms with E-state index < -0.39 is 134 Å². The van der Waals surface area contributed by atoms with Crippen LogP contribution in [-0.2, 0) is 21.7 Å². The molecule has 3 heterocycles. The third kappa shape index (κ3) is 6.30. The van der Waals surface area contributed by atoms with Crippen LogP contribution in [-0.4, -0.2) is 90.5 Å². The van der Waals surface area contributed by atoms with E-state index in [1.807, 2.05) is 0 Å². The van der Waals surface area contributed by atoms with Crippen LogP contribution in [0.15, 0.2) is 78.9 Å². The minimum absolute atomic E-state index is 0.0629. The topological polar surface area (TPSA) is 343 Å². The third-order valence-corrected chi connectivity index (χ3v) is 11.1. The molecule has 13 N–H and O–H groups in total. The fraction of sp³-hybridized carbons (Fsp3) is 0.136. The lowest BCUT2D eigenvalue weighted by molar-refractivity contribution is -0.219. The molecule has 0 aromatic heterocycles. The minimum atomic E-state index is -2.47. The largest absolute Gasteiger partial charge is 0.508 e. The Bertz CT molecular complexity index is 2940. The fourth-order valence-electron chi connectivity index (χ4n) is 8.13. The van der Waals surface area contributed by atoms with E-state index in [1.54, 1.807) is 0 Å². The van der Waals surface area contributed by atoms with Crippen molar-refractivity contribution in [3.05, 3.63) is 118 Å². The second-order valence-electron chi connectivity index (χ2n) is 15.0. The van der Waals surface area contributed by atoms with E-state index in [-0.39, 0.29) is 45.1 Å². The van der Waals surface area contributed by atoms with Gasteiger partial charge in [0.1, 0.15) is 40.6 Å². The molecule has 5 atom stereocenters. The Morgan fingerprint density at radius 3 is 1.66 bits per heavy atom. The molecule has 328 valence electrons. The van der Waals surface area contributed by atoms with Crippen molar-refractivity contribution in [2.24, 2.45) is 0 Å². The number of carbonyl (C=O) groups is 2. The summed E-state index contributed by atoms with van der Waals surface area (Å²) in [6, 6.07) is 13.1. The van der Waals surface area contributed by atoms with Gasteiger partial charge in [-0.2, -0.15) is 0 Å². The standard InChI is InChI=1S/C44H32O20/c45-19-11-26(51)34-31(12-19)63-44(18-2-4-22(47)25(50)10-18)41(62-43(59)17-8-29(54)38(57)30(55)9-17)36(34)35-32(64-44)14-23(48)20-13-33(60-42(58)16-6-27(52)37(56)28(53)7-16)39(61-40(20)35)15-1-3-21(46)24(49)5-15/h1-12,14,33,36,39,41,45-57H,13H2/t33-,36-,39-,41+,44-/m0/s1. The summed E-state index contributed by atoms with van der Waals surface area (Å²) in [5.74, 6) is -16.9. The van der Waals surface area contributed by atoms with Gasteiger partial charge in [-0.1, -0.05) is 6.07 Å². The van der Waals surface area contributed by atoms with Crippen LogP contribution < -0.4 is 14.2 Å². The molecular formula is C44H32O20. The average Bonchev–Trinajstić information content (AvgIpc) is 3.23. The van der Waals surface area contributed by atoms with E-state index in [0.717, 1.165) is 66.7 Å². The molecule has 64 heavy (non-hydrogen) atoms. The number of carbonyl (C=O) groups excluding carboxylic acids is 2. The summed E-state index contributed by atoms with van der Waals surface area (Å²) in [6.45, 7) is 0. The van der Waals surface area contributed by atoms with E-state index in [1.165, 1.54) is 12.1 Å². The first-order valence-corrected chi connectivity index (χ1v) is 18.8. The van der Waals surface area contributed by atoms with E-state index in [9.17, 15) is 76.0 Å². The van der Waals surface area contributed by atoms with Crippen LogP contribution in [0, 0.1) is 0 Å². The predicted molar refractivity (Wildman–Crippen MR) is 211 cm³/mol. The zero-order valence-corrected chi connectivity index (χ0v) is 32.2. The molecule has 6 aromatic rings. The SMILES string of the molecule is O=C(O[C@H]1Cc2c(O)cc3c(c2O[C@H]1c1ccc(O)c(O)c1)[C@@H]1c2c(O)cc(O)cc2O[C@@](c2ccc(O)c(O)c2)(O3)[C@@H]1OC(=O)c1cc(O)c(O)c(O)c1)c1cc(O)c(O)c(O)c1. The monoisotopic (exact) mass is 880 g/mol. The molecule has 0 saturated carbocycles. The molecule has 0 radical (unpaired) electrons. The van der Waals surface area contributed by atoms with Crippen LogP contribution in [0.4, 0.5) is 0 Å². The van der Waals surface area contributed by atoms with Gasteiger partial charge in [-0.15, -0.1) is 0 Å². The highest BCUT2D eigenvalue weighted by Gasteiger charge is 2.63. The van der Waals surface area contributed by atoms with Crippen LogP contribution >= 0.6 is 0 Å². The van der Waals surface area contributed by atoms with Crippen LogP contribution in [0.3, 0.4) is 0 Å². The molecule has 0 fully saturated rings. The number of benzene rings is 6. The first-order valence-electron chi connectivity index (χ1n) is 18.8. The molecular weight excluding hydrogens is 848 g/mol. The van der Waals surface area contributed by atoms with Gasteiger partial charge in [-0.25, -0.2) is 9.59 Å². The average molecular weight is 881 g/mol. The summed E-state index contributed by atoms with van der Waals surface area (Å²) in [5.41, 5.74) is -1.39. The van der Waals surface area contributed by atoms with Crippen molar-refractivity contribution < 1.29 is 99.7 Å². The zero-order chi connectivity index (χ0) is 45.7. The molecule has 20 heteroatoms. The van der Waals surface area contributed by atoms with Gasteiger partial charge >= 0.3 is 17.7 Å². The molecule has 3 aliphatic heterocycles. The van der Waals surface area contributed by atoms with Crippen molar-refractivity contribution in [1.82, 2.24) is 0 Å². The van der Waals surface area contributed by atoms with Crippen molar-refractivity contribution >= 4 is 11.9 Å². The lowest BCUT2D eigenvalue weighted by Crippen LogP contribution is -2.59. The highest BCUT2D eigenvalue weighted by molar-refractivity contribution is 5.92. The molecule has 2 bridgehead atoms. The Labute approximate surface area is 357 Å². The summed E-state index contributed by atoms with van der Waals surface area (Å²) in [5, 5.41) is 136. The number of rotatable bonds is 6. The number of hydrogen-bond acceptors (Lipinski definition) is 20. The van der Waals surface area contributed by atoms with Crippen LogP contribution in [0.1, 0.15) is 60.6 Å². The summed E-state index contributed by atoms with van der Waals surface area (Å²) < 4.78 is 31.5. The number of fused-ring (bicyclic) bond motifs is 8. The molecule has 0 unspecified atom stereocenters. The summed E-state index contributed by atoms with van der Waals surface area (Å²) in [4.78, 5) is 27.7. The number of ether oxygens (including phenoxy) is 5. The van der Waals surface area contributed by atoms with E-state index in [2.05, 4.69) is 0 Å². The molecule has 0 spiro atoms. The van der Waals surface area contributed by atoms with Crippen LogP contribution in [0.2, 0.25) is 0 Å². The molecule has 6 aromatic carbocycles. The van der Waals surface area contributed by atoms with Gasteiger partial charge in [0.05, 0.1) is 17.0 Å². The lowest BCUT2D eigenvalue weighted by Gasteiger charge is -2.51. The quantitative estimate of drug-likeness (QED) is 0.0792. The first kappa shape index (κ1) is 40.5. The van der Waals surface area contributed by atoms with Crippen molar-refractivity contribution in [3.63, 3.8) is 0 Å². The fourth-order valence-corrected chi connectivity index (χ4v) is 8.13. The highest BCUT2D eigenvalue weighted by atomic mass is 16.7. The Morgan fingerprint density at radius 1 is 0.531 bits per heavy atom. The smallest absolute Gasteiger partial charge is 0.339 e. The number of phenolic OH excluding ortho intramolecular Hbond substituents is 13. The normalized spacial score (nSPS) is 20.2. The molecule has 0 aliphatic carbocycles. The summed E-state index contributed by atoms with van der Waals surface area (Å²) in [6.07, 6.45) is -5.21. The van der Waals surface area contributed by atoms with E-state index in [4.69, 9.17) is 23.7 Å². The number of esters is 2. The van der Waals surface area contributed by atoms with Gasteiger partial charge < -0.3 is 90.1 Å². The molecule has 9 rings (SSSR count). The Morgan fingerprint density at radius 2 is 1.08 bits per heavy atom. The maximum atomic E-state index is 14.1.